The minimum absolute atomic E-state index is 0.0209. The number of carbonyl (C=O) groups is 3. The molecule has 6 nitrogen and oxygen atoms in total. The lowest BCUT2D eigenvalue weighted by atomic mass is 10.1. The molecule has 1 fully saturated rings. The minimum atomic E-state index is -0.803. The van der Waals surface area contributed by atoms with Gasteiger partial charge in [-0.2, -0.15) is 0 Å². The Morgan fingerprint density at radius 1 is 1.00 bits per heavy atom. The van der Waals surface area contributed by atoms with E-state index < -0.39 is 11.9 Å². The van der Waals surface area contributed by atoms with Gasteiger partial charge in [-0.25, -0.2) is 10.3 Å². The maximum Gasteiger partial charge on any atom is 0.253 e. The Morgan fingerprint density at radius 2 is 1.72 bits per heavy atom. The highest BCUT2D eigenvalue weighted by molar-refractivity contribution is 6.30. The molecule has 7 heteroatoms. The highest BCUT2D eigenvalue weighted by Gasteiger charge is 2.39. The van der Waals surface area contributed by atoms with E-state index >= 15 is 0 Å². The molecule has 0 unspecified atom stereocenters. The van der Waals surface area contributed by atoms with Crippen LogP contribution in [0.5, 0.6) is 0 Å². The first kappa shape index (κ1) is 19.1. The first-order chi connectivity index (χ1) is 14.0. The van der Waals surface area contributed by atoms with Crippen molar-refractivity contribution in [1.82, 2.24) is 10.9 Å². The molecule has 2 N–H and O–H groups in total. The normalized spacial score (nSPS) is 16.4. The first-order valence-electron chi connectivity index (χ1n) is 9.16. The summed E-state index contributed by atoms with van der Waals surface area (Å²) < 4.78 is 0. The third kappa shape index (κ3) is 4.13. The Hall–Kier alpha value is -3.22. The SMILES string of the molecule is O=C(Cc1ccc(Cl)cc1)NN[C@H]1CC(=O)N(c2ccc3ccccc3c2)C1=O. The highest BCUT2D eigenvalue weighted by Crippen LogP contribution is 2.26. The predicted octanol–water partition coefficient (Wildman–Crippen LogP) is 2.99. The number of amides is 3. The number of benzene rings is 3. The number of carbonyl (C=O) groups excluding carboxylic acids is 3. The Balaban J connectivity index is 1.41. The second-order valence-electron chi connectivity index (χ2n) is 6.85. The highest BCUT2D eigenvalue weighted by atomic mass is 35.5. The van der Waals surface area contributed by atoms with Crippen molar-refractivity contribution >= 4 is 45.8 Å². The van der Waals surface area contributed by atoms with Crippen LogP contribution in [-0.2, 0) is 20.8 Å². The van der Waals surface area contributed by atoms with Gasteiger partial charge in [0.2, 0.25) is 11.8 Å². The van der Waals surface area contributed by atoms with Gasteiger partial charge >= 0.3 is 0 Å². The van der Waals surface area contributed by atoms with E-state index in [0.717, 1.165) is 21.2 Å². The molecule has 0 aromatic heterocycles. The number of halogens is 1. The van der Waals surface area contributed by atoms with E-state index in [0.29, 0.717) is 10.7 Å². The Morgan fingerprint density at radius 3 is 2.48 bits per heavy atom. The average molecular weight is 408 g/mol. The molecule has 0 aliphatic carbocycles. The Bertz CT molecular complexity index is 1100. The van der Waals surface area contributed by atoms with Gasteiger partial charge in [0.25, 0.3) is 5.91 Å². The van der Waals surface area contributed by atoms with Crippen molar-refractivity contribution in [3.8, 4) is 0 Å². The summed E-state index contributed by atoms with van der Waals surface area (Å²) in [5.74, 6) is -1.01. The topological polar surface area (TPSA) is 78.5 Å². The molecule has 0 radical (unpaired) electrons. The summed E-state index contributed by atoms with van der Waals surface area (Å²) in [6, 6.07) is 19.3. The minimum Gasteiger partial charge on any atom is -0.291 e. The molecule has 1 aliphatic rings. The Kier molecular flexibility index (Phi) is 5.29. The van der Waals surface area contributed by atoms with Crippen LogP contribution in [0, 0.1) is 0 Å². The molecule has 1 heterocycles. The molecule has 146 valence electrons. The fraction of sp³-hybridized carbons (Fsp3) is 0.136. The van der Waals surface area contributed by atoms with Gasteiger partial charge in [0, 0.05) is 5.02 Å². The number of hydrogen-bond donors (Lipinski definition) is 2. The van der Waals surface area contributed by atoms with Crippen LogP contribution in [-0.4, -0.2) is 23.8 Å². The fourth-order valence-electron chi connectivity index (χ4n) is 3.33. The molecule has 3 amide bonds. The lowest BCUT2D eigenvalue weighted by molar-refractivity contribution is -0.122. The van der Waals surface area contributed by atoms with Gasteiger partial charge in [0.05, 0.1) is 18.5 Å². The van der Waals surface area contributed by atoms with Crippen LogP contribution in [0.3, 0.4) is 0 Å². The van der Waals surface area contributed by atoms with Crippen LogP contribution >= 0.6 is 11.6 Å². The summed E-state index contributed by atoms with van der Waals surface area (Å²) in [6.45, 7) is 0. The summed E-state index contributed by atoms with van der Waals surface area (Å²) in [5.41, 5.74) is 6.53. The van der Waals surface area contributed by atoms with Crippen molar-refractivity contribution < 1.29 is 14.4 Å². The summed E-state index contributed by atoms with van der Waals surface area (Å²) in [6.07, 6.45) is 0.111. The molecule has 1 aliphatic heterocycles. The van der Waals surface area contributed by atoms with Crippen LogP contribution in [0.1, 0.15) is 12.0 Å². The van der Waals surface area contributed by atoms with Gasteiger partial charge in [-0.1, -0.05) is 54.1 Å². The second kappa shape index (κ2) is 8.03. The van der Waals surface area contributed by atoms with Crippen molar-refractivity contribution in [3.05, 3.63) is 77.3 Å². The van der Waals surface area contributed by atoms with E-state index in [9.17, 15) is 14.4 Å². The molecule has 0 bridgehead atoms. The molecule has 1 saturated heterocycles. The van der Waals surface area contributed by atoms with E-state index in [-0.39, 0.29) is 24.7 Å². The van der Waals surface area contributed by atoms with Crippen molar-refractivity contribution in [2.24, 2.45) is 0 Å². The van der Waals surface area contributed by atoms with Crippen LogP contribution in [0.25, 0.3) is 10.8 Å². The zero-order valence-corrected chi connectivity index (χ0v) is 16.1. The molecule has 0 saturated carbocycles. The summed E-state index contributed by atoms with van der Waals surface area (Å²) >= 11 is 5.83. The number of fused-ring (bicyclic) bond motifs is 1. The summed E-state index contributed by atoms with van der Waals surface area (Å²) in [7, 11) is 0. The van der Waals surface area contributed by atoms with E-state index in [1.807, 2.05) is 36.4 Å². The van der Waals surface area contributed by atoms with Crippen molar-refractivity contribution in [2.75, 3.05) is 4.90 Å². The quantitative estimate of drug-likeness (QED) is 0.503. The predicted molar refractivity (Wildman–Crippen MR) is 111 cm³/mol. The maximum atomic E-state index is 12.7. The van der Waals surface area contributed by atoms with Crippen LogP contribution in [0.4, 0.5) is 5.69 Å². The van der Waals surface area contributed by atoms with E-state index in [1.165, 1.54) is 0 Å². The zero-order chi connectivity index (χ0) is 20.4. The molecule has 0 spiro atoms. The second-order valence-corrected chi connectivity index (χ2v) is 7.29. The van der Waals surface area contributed by atoms with Gasteiger partial charge in [-0.05, 0) is 40.6 Å². The summed E-state index contributed by atoms with van der Waals surface area (Å²) in [4.78, 5) is 38.5. The van der Waals surface area contributed by atoms with Gasteiger partial charge in [-0.15, -0.1) is 0 Å². The lowest BCUT2D eigenvalue weighted by Gasteiger charge is -2.16. The van der Waals surface area contributed by atoms with Crippen molar-refractivity contribution in [3.63, 3.8) is 0 Å². The number of anilines is 1. The third-order valence-electron chi connectivity index (χ3n) is 4.80. The monoisotopic (exact) mass is 407 g/mol. The zero-order valence-electron chi connectivity index (χ0n) is 15.4. The molecule has 29 heavy (non-hydrogen) atoms. The number of nitrogens with one attached hydrogen (secondary N) is 2. The van der Waals surface area contributed by atoms with Gasteiger partial charge in [0.1, 0.15) is 6.04 Å². The number of nitrogens with zero attached hydrogens (tertiary/aromatic N) is 1. The van der Waals surface area contributed by atoms with Crippen LogP contribution in [0.2, 0.25) is 5.02 Å². The molecule has 1 atom stereocenters. The van der Waals surface area contributed by atoms with E-state index in [4.69, 9.17) is 11.6 Å². The third-order valence-corrected chi connectivity index (χ3v) is 5.05. The number of rotatable bonds is 5. The molecular formula is C22H18ClN3O3. The van der Waals surface area contributed by atoms with Crippen LogP contribution in [0.15, 0.2) is 66.7 Å². The van der Waals surface area contributed by atoms with E-state index in [2.05, 4.69) is 10.9 Å². The van der Waals surface area contributed by atoms with Crippen molar-refractivity contribution in [2.45, 2.75) is 18.9 Å². The standard InChI is InChI=1S/C22H18ClN3O3/c23-17-8-5-14(6-9-17)11-20(27)25-24-19-13-21(28)26(22(19)29)18-10-7-15-3-1-2-4-16(15)12-18/h1-10,12,19,24H,11,13H2,(H,25,27)/t19-/m0/s1. The summed E-state index contributed by atoms with van der Waals surface area (Å²) in [5, 5.41) is 2.56. The van der Waals surface area contributed by atoms with Crippen LogP contribution < -0.4 is 15.8 Å². The molecular weight excluding hydrogens is 390 g/mol. The Labute approximate surface area is 172 Å². The molecule has 3 aromatic rings. The van der Waals surface area contributed by atoms with Gasteiger partial charge in [0.15, 0.2) is 0 Å². The van der Waals surface area contributed by atoms with E-state index in [1.54, 1.807) is 30.3 Å². The fourth-order valence-corrected chi connectivity index (χ4v) is 3.46. The number of hydrogen-bond acceptors (Lipinski definition) is 4. The smallest absolute Gasteiger partial charge is 0.253 e. The largest absolute Gasteiger partial charge is 0.291 e. The average Bonchev–Trinajstić information content (AvgIpc) is 3.01. The van der Waals surface area contributed by atoms with Gasteiger partial charge < -0.3 is 0 Å². The number of imide groups is 1. The van der Waals surface area contributed by atoms with Gasteiger partial charge in [-0.3, -0.25) is 19.8 Å². The molecule has 3 aromatic carbocycles. The lowest BCUT2D eigenvalue weighted by Crippen LogP contribution is -2.48. The first-order valence-corrected chi connectivity index (χ1v) is 9.53. The molecule has 4 rings (SSSR count). The van der Waals surface area contributed by atoms with Crippen molar-refractivity contribution in [1.29, 1.82) is 0 Å². The number of hydrazine groups is 1. The maximum absolute atomic E-state index is 12.7.